The zero-order chi connectivity index (χ0) is 18.1. The van der Waals surface area contributed by atoms with E-state index in [-0.39, 0.29) is 23.7 Å². The lowest BCUT2D eigenvalue weighted by molar-refractivity contribution is 0.107. The normalized spacial score (nSPS) is 20.7. The fourth-order valence-electron chi connectivity index (χ4n) is 3.52. The second-order valence-corrected chi connectivity index (χ2v) is 6.37. The largest absolute Gasteiger partial charge is 0.494 e. The molecule has 0 bridgehead atoms. The van der Waals surface area contributed by atoms with E-state index in [0.717, 1.165) is 24.4 Å². The zero-order valence-electron chi connectivity index (χ0n) is 14.7. The third-order valence-electron chi connectivity index (χ3n) is 4.84. The molecule has 3 heterocycles. The van der Waals surface area contributed by atoms with Crippen LogP contribution in [0.15, 0.2) is 36.8 Å². The van der Waals surface area contributed by atoms with E-state index in [9.17, 15) is 4.39 Å². The smallest absolute Gasteiger partial charge is 0.179 e. The number of hydrogen-bond acceptors (Lipinski definition) is 6. The Kier molecular flexibility index (Phi) is 4.52. The van der Waals surface area contributed by atoms with Gasteiger partial charge in [0.05, 0.1) is 25.5 Å². The van der Waals surface area contributed by atoms with Crippen molar-refractivity contribution in [2.24, 2.45) is 0 Å². The van der Waals surface area contributed by atoms with Crippen molar-refractivity contribution in [3.63, 3.8) is 0 Å². The van der Waals surface area contributed by atoms with Crippen molar-refractivity contribution >= 4 is 5.65 Å². The van der Waals surface area contributed by atoms with Crippen molar-refractivity contribution in [2.45, 2.75) is 25.1 Å². The van der Waals surface area contributed by atoms with Gasteiger partial charge in [0.15, 0.2) is 23.0 Å². The van der Waals surface area contributed by atoms with E-state index in [1.807, 2.05) is 16.7 Å². The summed E-state index contributed by atoms with van der Waals surface area (Å²) in [5.74, 6) is 0.733. The van der Waals surface area contributed by atoms with E-state index >= 15 is 0 Å². The molecule has 0 aliphatic carbocycles. The Hall–Kier alpha value is -2.58. The Morgan fingerprint density at radius 2 is 2.15 bits per heavy atom. The molecule has 0 unspecified atom stereocenters. The van der Waals surface area contributed by atoms with Gasteiger partial charge in [-0.05, 0) is 24.1 Å². The summed E-state index contributed by atoms with van der Waals surface area (Å²) in [6.45, 7) is 1.33. The number of halogens is 1. The number of benzene rings is 1. The van der Waals surface area contributed by atoms with Crippen LogP contribution in [0.5, 0.6) is 5.75 Å². The maximum atomic E-state index is 14.0. The number of fused-ring (bicyclic) bond motifs is 1. The van der Waals surface area contributed by atoms with Gasteiger partial charge in [0.1, 0.15) is 0 Å². The molecule has 1 aliphatic rings. The van der Waals surface area contributed by atoms with E-state index in [0.29, 0.717) is 12.2 Å². The predicted molar refractivity (Wildman–Crippen MR) is 92.3 cm³/mol. The Bertz CT molecular complexity index is 915. The van der Waals surface area contributed by atoms with Crippen LogP contribution in [0.4, 0.5) is 4.39 Å². The molecule has 26 heavy (non-hydrogen) atoms. The van der Waals surface area contributed by atoms with Crippen LogP contribution in [0.2, 0.25) is 0 Å². The lowest BCUT2D eigenvalue weighted by Crippen LogP contribution is -2.26. The van der Waals surface area contributed by atoms with Gasteiger partial charge < -0.3 is 9.47 Å². The summed E-state index contributed by atoms with van der Waals surface area (Å²) >= 11 is 0. The molecular formula is C18H20FN5O2. The molecule has 0 radical (unpaired) electrons. The zero-order valence-corrected chi connectivity index (χ0v) is 14.7. The summed E-state index contributed by atoms with van der Waals surface area (Å²) in [6, 6.07) is 5.08. The topological polar surface area (TPSA) is 64.8 Å². The summed E-state index contributed by atoms with van der Waals surface area (Å²) in [5, 5.41) is 8.56. The summed E-state index contributed by atoms with van der Waals surface area (Å²) in [5.41, 5.74) is 1.58. The molecule has 1 fully saturated rings. The van der Waals surface area contributed by atoms with Crippen LogP contribution in [-0.4, -0.2) is 51.4 Å². The van der Waals surface area contributed by atoms with Crippen molar-refractivity contribution in [1.29, 1.82) is 0 Å². The lowest BCUT2D eigenvalue weighted by Gasteiger charge is -2.23. The number of ether oxygens (including phenoxy) is 2. The van der Waals surface area contributed by atoms with E-state index < -0.39 is 0 Å². The van der Waals surface area contributed by atoms with Crippen LogP contribution in [0.1, 0.15) is 23.9 Å². The van der Waals surface area contributed by atoms with Crippen molar-refractivity contribution < 1.29 is 13.9 Å². The molecule has 1 aliphatic heterocycles. The Labute approximate surface area is 150 Å². The molecule has 7 nitrogen and oxygen atoms in total. The Morgan fingerprint density at radius 3 is 2.92 bits per heavy atom. The van der Waals surface area contributed by atoms with Crippen LogP contribution in [0.3, 0.4) is 0 Å². The highest BCUT2D eigenvalue weighted by Crippen LogP contribution is 2.34. The van der Waals surface area contributed by atoms with Crippen molar-refractivity contribution in [3.05, 3.63) is 54.0 Å². The van der Waals surface area contributed by atoms with Crippen LogP contribution in [0, 0.1) is 5.82 Å². The molecule has 0 amide bonds. The first-order valence-electron chi connectivity index (χ1n) is 8.43. The minimum Gasteiger partial charge on any atom is -0.494 e. The van der Waals surface area contributed by atoms with Crippen molar-refractivity contribution in [3.8, 4) is 5.75 Å². The van der Waals surface area contributed by atoms with Crippen molar-refractivity contribution in [2.75, 3.05) is 20.8 Å². The molecule has 136 valence electrons. The lowest BCUT2D eigenvalue weighted by atomic mass is 10.1. The number of methoxy groups -OCH3 is 2. The first-order valence-corrected chi connectivity index (χ1v) is 8.43. The SMILES string of the molecule is COc1ccc(CN2C[C@H](OC)C[C@H]2c2nnc3cnccn23)cc1F. The summed E-state index contributed by atoms with van der Waals surface area (Å²) in [6.07, 6.45) is 6.15. The molecule has 0 N–H and O–H groups in total. The van der Waals surface area contributed by atoms with E-state index in [4.69, 9.17) is 9.47 Å². The molecule has 3 aromatic rings. The maximum absolute atomic E-state index is 14.0. The van der Waals surface area contributed by atoms with Gasteiger partial charge in [0, 0.05) is 32.6 Å². The number of hydrogen-bond donors (Lipinski definition) is 0. The van der Waals surface area contributed by atoms with Gasteiger partial charge in [-0.25, -0.2) is 4.39 Å². The first-order chi connectivity index (χ1) is 12.7. The van der Waals surface area contributed by atoms with E-state index in [1.165, 1.54) is 13.2 Å². The molecule has 2 atom stereocenters. The molecule has 2 aromatic heterocycles. The minimum absolute atomic E-state index is 0.0301. The van der Waals surface area contributed by atoms with Crippen LogP contribution in [-0.2, 0) is 11.3 Å². The van der Waals surface area contributed by atoms with E-state index in [2.05, 4.69) is 20.1 Å². The van der Waals surface area contributed by atoms with Gasteiger partial charge in [-0.2, -0.15) is 0 Å². The third kappa shape index (κ3) is 3.02. The standard InChI is InChI=1S/C18H20FN5O2/c1-25-13-8-15(18-22-21-17-9-20-5-6-24(17)18)23(11-13)10-12-3-4-16(26-2)14(19)7-12/h3-7,9,13,15H,8,10-11H2,1-2H3/t13-,15+/m1/s1. The Morgan fingerprint density at radius 1 is 1.27 bits per heavy atom. The van der Waals surface area contributed by atoms with Gasteiger partial charge in [-0.15, -0.1) is 10.2 Å². The second-order valence-electron chi connectivity index (χ2n) is 6.37. The van der Waals surface area contributed by atoms with E-state index in [1.54, 1.807) is 25.6 Å². The Balaban J connectivity index is 1.64. The molecule has 1 saturated heterocycles. The molecule has 0 spiro atoms. The number of likely N-dealkylation sites (tertiary alicyclic amines) is 1. The number of nitrogens with zero attached hydrogens (tertiary/aromatic N) is 5. The van der Waals surface area contributed by atoms with Gasteiger partial charge in [0.2, 0.25) is 0 Å². The van der Waals surface area contributed by atoms with Gasteiger partial charge in [-0.3, -0.25) is 14.3 Å². The summed E-state index contributed by atoms with van der Waals surface area (Å²) in [4.78, 5) is 6.32. The van der Waals surface area contributed by atoms with Crippen LogP contribution < -0.4 is 4.74 Å². The average molecular weight is 357 g/mol. The van der Waals surface area contributed by atoms with Crippen molar-refractivity contribution in [1.82, 2.24) is 24.5 Å². The fourth-order valence-corrected chi connectivity index (χ4v) is 3.52. The third-order valence-corrected chi connectivity index (χ3v) is 4.84. The first kappa shape index (κ1) is 16.9. The quantitative estimate of drug-likeness (QED) is 0.698. The molecule has 4 rings (SSSR count). The van der Waals surface area contributed by atoms with Gasteiger partial charge in [-0.1, -0.05) is 6.07 Å². The summed E-state index contributed by atoms with van der Waals surface area (Å²) in [7, 11) is 3.17. The molecule has 8 heteroatoms. The average Bonchev–Trinajstić information content (AvgIpc) is 3.25. The van der Waals surface area contributed by atoms with Gasteiger partial charge >= 0.3 is 0 Å². The highest BCUT2D eigenvalue weighted by Gasteiger charge is 2.36. The molecule has 0 saturated carbocycles. The molecule has 1 aromatic carbocycles. The van der Waals surface area contributed by atoms with Crippen LogP contribution in [0.25, 0.3) is 5.65 Å². The monoisotopic (exact) mass is 357 g/mol. The van der Waals surface area contributed by atoms with Crippen LogP contribution >= 0.6 is 0 Å². The highest BCUT2D eigenvalue weighted by molar-refractivity contribution is 5.35. The highest BCUT2D eigenvalue weighted by atomic mass is 19.1. The maximum Gasteiger partial charge on any atom is 0.179 e. The molecular weight excluding hydrogens is 337 g/mol. The second kappa shape index (κ2) is 6.97. The van der Waals surface area contributed by atoms with Gasteiger partial charge in [0.25, 0.3) is 0 Å². The predicted octanol–water partition coefficient (Wildman–Crippen LogP) is 2.23. The number of aromatic nitrogens is 4. The summed E-state index contributed by atoms with van der Waals surface area (Å²) < 4.78 is 26.6. The number of rotatable bonds is 5. The fraction of sp³-hybridized carbons (Fsp3) is 0.389. The minimum atomic E-state index is -0.358.